The van der Waals surface area contributed by atoms with Gasteiger partial charge in [-0.3, -0.25) is 14.2 Å². The van der Waals surface area contributed by atoms with Crippen LogP contribution in [0.5, 0.6) is 11.8 Å². The zero-order chi connectivity index (χ0) is 24.4. The number of rotatable bonds is 9. The van der Waals surface area contributed by atoms with E-state index in [9.17, 15) is 0 Å². The third-order valence-corrected chi connectivity index (χ3v) is 7.54. The van der Waals surface area contributed by atoms with Gasteiger partial charge in [-0.1, -0.05) is 19.6 Å². The van der Waals surface area contributed by atoms with Crippen LogP contribution < -0.4 is 4.74 Å². The Bertz CT molecular complexity index is 1450. The van der Waals surface area contributed by atoms with E-state index in [1.165, 1.54) is 0 Å². The van der Waals surface area contributed by atoms with Crippen LogP contribution in [0, 0.1) is 0 Å². The summed E-state index contributed by atoms with van der Waals surface area (Å²) < 4.78 is 16.0. The number of nitrogens with zero attached hydrogens (tertiary/aromatic N) is 6. The van der Waals surface area contributed by atoms with Crippen LogP contribution in [-0.4, -0.2) is 44.0 Å². The molecule has 1 aromatic carbocycles. The Kier molecular flexibility index (Phi) is 6.36. The van der Waals surface area contributed by atoms with Crippen LogP contribution in [0.3, 0.4) is 0 Å². The molecule has 0 bridgehead atoms. The third-order valence-electron chi connectivity index (χ3n) is 5.83. The smallest absolute Gasteiger partial charge is 0.306 e. The van der Waals surface area contributed by atoms with E-state index in [4.69, 9.17) is 14.6 Å². The molecule has 0 aliphatic carbocycles. The van der Waals surface area contributed by atoms with Crippen LogP contribution in [-0.2, 0) is 18.0 Å². The van der Waals surface area contributed by atoms with E-state index in [2.05, 4.69) is 41.5 Å². The summed E-state index contributed by atoms with van der Waals surface area (Å²) in [6, 6.07) is 17.2. The van der Waals surface area contributed by atoms with Crippen LogP contribution in [0.4, 0.5) is 0 Å². The van der Waals surface area contributed by atoms with Gasteiger partial charge in [-0.25, -0.2) is 4.98 Å². The number of benzene rings is 1. The number of fused-ring (bicyclic) bond motifs is 2. The Morgan fingerprint density at radius 1 is 0.943 bits per heavy atom. The zero-order valence-corrected chi connectivity index (χ0v) is 21.6. The minimum atomic E-state index is -1.17. The largest absolute Gasteiger partial charge is 0.425 e. The summed E-state index contributed by atoms with van der Waals surface area (Å²) in [6.45, 7) is 10.9. The minimum Gasteiger partial charge on any atom is -0.425 e. The molecule has 9 heteroatoms. The second-order valence-corrected chi connectivity index (χ2v) is 15.3. The van der Waals surface area contributed by atoms with Crippen molar-refractivity contribution >= 4 is 30.3 Å². The second kappa shape index (κ2) is 9.59. The molecule has 35 heavy (non-hydrogen) atoms. The van der Waals surface area contributed by atoms with E-state index in [-0.39, 0.29) is 0 Å². The fourth-order valence-corrected chi connectivity index (χ4v) is 4.65. The lowest BCUT2D eigenvalue weighted by molar-refractivity contribution is 0.0846. The molecule has 0 atom stereocenters. The highest BCUT2D eigenvalue weighted by Gasteiger charge is 2.17. The summed E-state index contributed by atoms with van der Waals surface area (Å²) in [5, 5.41) is 4.77. The molecule has 0 saturated heterocycles. The van der Waals surface area contributed by atoms with Crippen molar-refractivity contribution in [2.24, 2.45) is 0 Å². The van der Waals surface area contributed by atoms with Crippen molar-refractivity contribution < 1.29 is 9.47 Å². The Morgan fingerprint density at radius 2 is 1.71 bits per heavy atom. The number of ether oxygens (including phenoxy) is 2. The first-order valence-electron chi connectivity index (χ1n) is 11.9. The predicted octanol–water partition coefficient (Wildman–Crippen LogP) is 5.97. The maximum atomic E-state index is 6.20. The van der Waals surface area contributed by atoms with E-state index < -0.39 is 8.07 Å². The van der Waals surface area contributed by atoms with Crippen molar-refractivity contribution in [1.29, 1.82) is 0 Å². The molecule has 0 N–H and O–H groups in total. The van der Waals surface area contributed by atoms with Crippen molar-refractivity contribution in [1.82, 2.24) is 29.3 Å². The van der Waals surface area contributed by atoms with Gasteiger partial charge in [0.15, 0.2) is 5.65 Å². The molecule has 8 nitrogen and oxygen atoms in total. The van der Waals surface area contributed by atoms with E-state index in [1.54, 1.807) is 12.4 Å². The van der Waals surface area contributed by atoms with Crippen molar-refractivity contribution in [3.63, 3.8) is 0 Å². The van der Waals surface area contributed by atoms with Gasteiger partial charge in [0.05, 0.1) is 5.52 Å². The number of aryl methyl sites for hydroxylation is 1. The molecule has 0 saturated carbocycles. The van der Waals surface area contributed by atoms with Crippen LogP contribution >= 0.6 is 0 Å². The summed E-state index contributed by atoms with van der Waals surface area (Å²) in [5.41, 5.74) is 5.29. The fraction of sp³-hybridized carbons (Fsp3) is 0.308. The van der Waals surface area contributed by atoms with Gasteiger partial charge in [0.2, 0.25) is 0 Å². The maximum absolute atomic E-state index is 6.20. The lowest BCUT2D eigenvalue weighted by atomic mass is 10.1. The SMILES string of the molecule is CCn1nc(-c2ccc(Oc3nc4cccnc4n3COCC[Si](C)(C)C)cc2)c2ncccc21. The first kappa shape index (κ1) is 23.2. The van der Waals surface area contributed by atoms with E-state index in [0.29, 0.717) is 25.1 Å². The summed E-state index contributed by atoms with van der Waals surface area (Å²) in [4.78, 5) is 13.7. The average Bonchev–Trinajstić information content (AvgIpc) is 3.40. The van der Waals surface area contributed by atoms with Crippen molar-refractivity contribution in [3.8, 4) is 23.0 Å². The minimum absolute atomic E-state index is 0.345. The van der Waals surface area contributed by atoms with Gasteiger partial charge in [0, 0.05) is 39.2 Å². The summed E-state index contributed by atoms with van der Waals surface area (Å²) in [7, 11) is -1.17. The van der Waals surface area contributed by atoms with Gasteiger partial charge in [0.1, 0.15) is 29.2 Å². The van der Waals surface area contributed by atoms with Gasteiger partial charge in [-0.15, -0.1) is 0 Å². The van der Waals surface area contributed by atoms with E-state index >= 15 is 0 Å². The highest BCUT2D eigenvalue weighted by molar-refractivity contribution is 6.76. The first-order chi connectivity index (χ1) is 16.9. The predicted molar refractivity (Wildman–Crippen MR) is 140 cm³/mol. The molecule has 4 heterocycles. The molecule has 5 aromatic rings. The van der Waals surface area contributed by atoms with Crippen molar-refractivity contribution in [3.05, 3.63) is 60.9 Å². The Hall–Kier alpha value is -3.56. The fourth-order valence-electron chi connectivity index (χ4n) is 3.90. The lowest BCUT2D eigenvalue weighted by Crippen LogP contribution is -2.22. The average molecular weight is 487 g/mol. The second-order valence-electron chi connectivity index (χ2n) is 9.68. The number of pyridine rings is 2. The molecule has 4 aromatic heterocycles. The molecule has 180 valence electrons. The molecule has 0 unspecified atom stereocenters. The lowest BCUT2D eigenvalue weighted by Gasteiger charge is -2.16. The Morgan fingerprint density at radius 3 is 2.49 bits per heavy atom. The molecule has 0 amide bonds. The quantitative estimate of drug-likeness (QED) is 0.189. The molecule has 0 fully saturated rings. The van der Waals surface area contributed by atoms with Gasteiger partial charge < -0.3 is 9.47 Å². The third kappa shape index (κ3) is 4.96. The number of hydrogen-bond donors (Lipinski definition) is 0. The van der Waals surface area contributed by atoms with E-state index in [0.717, 1.165) is 46.0 Å². The molecular weight excluding hydrogens is 456 g/mol. The number of imidazole rings is 1. The van der Waals surface area contributed by atoms with Gasteiger partial charge in [-0.2, -0.15) is 10.1 Å². The molecule has 0 radical (unpaired) electrons. The van der Waals surface area contributed by atoms with Crippen LogP contribution in [0.25, 0.3) is 33.5 Å². The first-order valence-corrected chi connectivity index (χ1v) is 15.6. The molecule has 0 aliphatic heterocycles. The standard InChI is InChI=1S/C26H30N6O2Si/c1-5-32-22-9-7-14-27-24(22)23(30-32)19-10-12-20(13-11-19)34-26-29-21-8-6-15-28-25(21)31(26)18-33-16-17-35(2,3)4/h6-15H,5,16-18H2,1-4H3. The van der Waals surface area contributed by atoms with Gasteiger partial charge >= 0.3 is 6.01 Å². The highest BCUT2D eigenvalue weighted by Crippen LogP contribution is 2.30. The maximum Gasteiger partial charge on any atom is 0.306 e. The Labute approximate surface area is 205 Å². The molecule has 5 rings (SSSR count). The monoisotopic (exact) mass is 486 g/mol. The molecule has 0 spiro atoms. The normalized spacial score (nSPS) is 12.0. The topological polar surface area (TPSA) is 79.9 Å². The Balaban J connectivity index is 1.39. The molecular formula is C26H30N6O2Si. The van der Waals surface area contributed by atoms with Gasteiger partial charge in [-0.05, 0) is 61.5 Å². The number of aromatic nitrogens is 6. The summed E-state index contributed by atoms with van der Waals surface area (Å²) >= 11 is 0. The number of hydrogen-bond acceptors (Lipinski definition) is 6. The van der Waals surface area contributed by atoms with Gasteiger partial charge in [0.25, 0.3) is 0 Å². The van der Waals surface area contributed by atoms with Crippen molar-refractivity contribution in [2.75, 3.05) is 6.61 Å². The van der Waals surface area contributed by atoms with Crippen LogP contribution in [0.15, 0.2) is 60.9 Å². The van der Waals surface area contributed by atoms with E-state index in [1.807, 2.05) is 57.8 Å². The zero-order valence-electron chi connectivity index (χ0n) is 20.6. The molecule has 0 aliphatic rings. The highest BCUT2D eigenvalue weighted by atomic mass is 28.3. The van der Waals surface area contributed by atoms with Crippen LogP contribution in [0.1, 0.15) is 6.92 Å². The summed E-state index contributed by atoms with van der Waals surface area (Å²) in [6.07, 6.45) is 3.56. The summed E-state index contributed by atoms with van der Waals surface area (Å²) in [5.74, 6) is 0.680. The van der Waals surface area contributed by atoms with Crippen LogP contribution in [0.2, 0.25) is 25.7 Å². The van der Waals surface area contributed by atoms with Crippen molar-refractivity contribution in [2.45, 2.75) is 45.9 Å².